The first-order valence-corrected chi connectivity index (χ1v) is 9.45. The molecular formula is C26H21NO2. The summed E-state index contributed by atoms with van der Waals surface area (Å²) in [6.45, 7) is 0. The monoisotopic (exact) mass is 379 g/mol. The van der Waals surface area contributed by atoms with Gasteiger partial charge in [0.1, 0.15) is 5.75 Å². The highest BCUT2D eigenvalue weighted by Gasteiger charge is 2.20. The zero-order valence-corrected chi connectivity index (χ0v) is 16.2. The summed E-state index contributed by atoms with van der Waals surface area (Å²) >= 11 is 0. The first-order valence-electron chi connectivity index (χ1n) is 9.45. The Balaban J connectivity index is 1.73. The molecule has 0 radical (unpaired) electrons. The molecule has 4 aromatic carbocycles. The van der Waals surface area contributed by atoms with Crippen LogP contribution in [0.15, 0.2) is 109 Å². The van der Waals surface area contributed by atoms with Crippen molar-refractivity contribution >= 4 is 17.3 Å². The van der Waals surface area contributed by atoms with Gasteiger partial charge in [-0.3, -0.25) is 9.69 Å². The highest BCUT2D eigenvalue weighted by atomic mass is 16.5. The second kappa shape index (κ2) is 8.44. The van der Waals surface area contributed by atoms with E-state index in [2.05, 4.69) is 0 Å². The van der Waals surface area contributed by atoms with Crippen LogP contribution in [0.1, 0.15) is 10.4 Å². The van der Waals surface area contributed by atoms with Crippen LogP contribution in [0.5, 0.6) is 5.75 Å². The number of carbonyl (C=O) groups is 1. The van der Waals surface area contributed by atoms with Gasteiger partial charge in [-0.2, -0.15) is 0 Å². The molecule has 0 saturated heterocycles. The quantitative estimate of drug-likeness (QED) is 0.405. The van der Waals surface area contributed by atoms with E-state index in [1.165, 1.54) is 0 Å². The molecule has 0 N–H and O–H groups in total. The van der Waals surface area contributed by atoms with Crippen LogP contribution in [-0.2, 0) is 0 Å². The minimum absolute atomic E-state index is 0.0715. The number of amides is 1. The standard InChI is InChI=1S/C26H21NO2/c1-29-25-17-15-20(16-18-25)21-9-8-10-22(19-21)26(28)27(23-11-4-2-5-12-23)24-13-6-3-7-14-24/h2-19H,1H3. The maximum absolute atomic E-state index is 13.5. The average molecular weight is 379 g/mol. The molecule has 142 valence electrons. The normalized spacial score (nSPS) is 10.4. The van der Waals surface area contributed by atoms with E-state index in [9.17, 15) is 4.79 Å². The Morgan fingerprint density at radius 1 is 0.655 bits per heavy atom. The van der Waals surface area contributed by atoms with Crippen LogP contribution in [0.25, 0.3) is 11.1 Å². The molecule has 3 heteroatoms. The average Bonchev–Trinajstić information content (AvgIpc) is 2.81. The number of hydrogen-bond acceptors (Lipinski definition) is 2. The number of nitrogens with zero attached hydrogens (tertiary/aromatic N) is 1. The number of benzene rings is 4. The van der Waals surface area contributed by atoms with Crippen molar-refractivity contribution in [1.29, 1.82) is 0 Å². The summed E-state index contributed by atoms with van der Waals surface area (Å²) in [5.41, 5.74) is 4.31. The summed E-state index contributed by atoms with van der Waals surface area (Å²) in [6.07, 6.45) is 0. The molecule has 0 spiro atoms. The van der Waals surface area contributed by atoms with Gasteiger partial charge in [0.25, 0.3) is 5.91 Å². The van der Waals surface area contributed by atoms with Gasteiger partial charge in [0.2, 0.25) is 0 Å². The van der Waals surface area contributed by atoms with Gasteiger partial charge in [-0.05, 0) is 59.7 Å². The molecule has 0 heterocycles. The molecule has 0 aromatic heterocycles. The highest BCUT2D eigenvalue weighted by Crippen LogP contribution is 2.29. The second-order valence-electron chi connectivity index (χ2n) is 6.62. The van der Waals surface area contributed by atoms with E-state index in [1.54, 1.807) is 12.0 Å². The molecule has 3 nitrogen and oxygen atoms in total. The van der Waals surface area contributed by atoms with E-state index in [0.717, 1.165) is 28.3 Å². The van der Waals surface area contributed by atoms with E-state index in [1.807, 2.05) is 109 Å². The van der Waals surface area contributed by atoms with Crippen LogP contribution in [0.2, 0.25) is 0 Å². The first kappa shape index (κ1) is 18.5. The SMILES string of the molecule is COc1ccc(-c2cccc(C(=O)N(c3ccccc3)c3ccccc3)c2)cc1. The summed E-state index contributed by atoms with van der Waals surface area (Å²) in [5.74, 6) is 0.734. The van der Waals surface area contributed by atoms with Crippen molar-refractivity contribution in [2.45, 2.75) is 0 Å². The fourth-order valence-electron chi connectivity index (χ4n) is 3.28. The minimum Gasteiger partial charge on any atom is -0.497 e. The zero-order chi connectivity index (χ0) is 20.1. The van der Waals surface area contributed by atoms with E-state index >= 15 is 0 Å². The third-order valence-electron chi connectivity index (χ3n) is 4.76. The Morgan fingerprint density at radius 3 is 1.79 bits per heavy atom. The second-order valence-corrected chi connectivity index (χ2v) is 6.62. The lowest BCUT2D eigenvalue weighted by atomic mass is 10.0. The molecule has 0 aliphatic heterocycles. The summed E-state index contributed by atoms with van der Waals surface area (Å²) in [5, 5.41) is 0. The van der Waals surface area contributed by atoms with Crippen molar-refractivity contribution in [2.75, 3.05) is 12.0 Å². The third kappa shape index (κ3) is 4.04. The number of ether oxygens (including phenoxy) is 1. The molecule has 0 aliphatic rings. The Hall–Kier alpha value is -3.85. The highest BCUT2D eigenvalue weighted by molar-refractivity contribution is 6.11. The smallest absolute Gasteiger partial charge is 0.262 e. The first-order chi connectivity index (χ1) is 14.3. The molecular weight excluding hydrogens is 358 g/mol. The van der Waals surface area contributed by atoms with Crippen molar-refractivity contribution in [1.82, 2.24) is 0 Å². The van der Waals surface area contributed by atoms with Crippen LogP contribution in [0, 0.1) is 0 Å². The fourth-order valence-corrected chi connectivity index (χ4v) is 3.28. The van der Waals surface area contributed by atoms with E-state index in [0.29, 0.717) is 5.56 Å². The Morgan fingerprint density at radius 2 is 1.24 bits per heavy atom. The lowest BCUT2D eigenvalue weighted by Crippen LogP contribution is -2.25. The van der Waals surface area contributed by atoms with Gasteiger partial charge in [-0.1, -0.05) is 60.7 Å². The zero-order valence-electron chi connectivity index (χ0n) is 16.2. The van der Waals surface area contributed by atoms with E-state index in [-0.39, 0.29) is 5.91 Å². The van der Waals surface area contributed by atoms with E-state index in [4.69, 9.17) is 4.74 Å². The molecule has 4 aromatic rings. The molecule has 0 bridgehead atoms. The Kier molecular flexibility index (Phi) is 5.39. The Labute approximate surface area is 170 Å². The number of anilines is 2. The summed E-state index contributed by atoms with van der Waals surface area (Å²) in [4.78, 5) is 15.3. The number of hydrogen-bond donors (Lipinski definition) is 0. The largest absolute Gasteiger partial charge is 0.497 e. The van der Waals surface area contributed by atoms with Crippen molar-refractivity contribution in [2.24, 2.45) is 0 Å². The van der Waals surface area contributed by atoms with Crippen LogP contribution >= 0.6 is 0 Å². The van der Waals surface area contributed by atoms with Crippen molar-refractivity contribution in [3.8, 4) is 16.9 Å². The van der Waals surface area contributed by atoms with Crippen LogP contribution < -0.4 is 9.64 Å². The van der Waals surface area contributed by atoms with Gasteiger partial charge >= 0.3 is 0 Å². The number of methoxy groups -OCH3 is 1. The van der Waals surface area contributed by atoms with Crippen LogP contribution in [0.3, 0.4) is 0 Å². The summed E-state index contributed by atoms with van der Waals surface area (Å²) < 4.78 is 5.24. The lowest BCUT2D eigenvalue weighted by molar-refractivity contribution is 0.0999. The Bertz CT molecular complexity index is 1050. The van der Waals surface area contributed by atoms with Gasteiger partial charge < -0.3 is 4.74 Å². The number of rotatable bonds is 5. The molecule has 29 heavy (non-hydrogen) atoms. The van der Waals surface area contributed by atoms with Crippen LogP contribution in [-0.4, -0.2) is 13.0 Å². The number of carbonyl (C=O) groups excluding carboxylic acids is 1. The minimum atomic E-state index is -0.0715. The molecule has 0 saturated carbocycles. The predicted octanol–water partition coefficient (Wildman–Crippen LogP) is 6.34. The van der Waals surface area contributed by atoms with Crippen LogP contribution in [0.4, 0.5) is 11.4 Å². The number of para-hydroxylation sites is 2. The van der Waals surface area contributed by atoms with E-state index < -0.39 is 0 Å². The van der Waals surface area contributed by atoms with Gasteiger partial charge in [-0.15, -0.1) is 0 Å². The molecule has 1 amide bonds. The molecule has 0 unspecified atom stereocenters. The maximum Gasteiger partial charge on any atom is 0.262 e. The van der Waals surface area contributed by atoms with Crippen molar-refractivity contribution < 1.29 is 9.53 Å². The maximum atomic E-state index is 13.5. The summed E-state index contributed by atoms with van der Waals surface area (Å²) in [6, 6.07) is 35.0. The van der Waals surface area contributed by atoms with Crippen molar-refractivity contribution in [3.63, 3.8) is 0 Å². The topological polar surface area (TPSA) is 29.5 Å². The third-order valence-corrected chi connectivity index (χ3v) is 4.76. The molecule has 0 fully saturated rings. The van der Waals surface area contributed by atoms with Gasteiger partial charge in [-0.25, -0.2) is 0 Å². The molecule has 4 rings (SSSR count). The van der Waals surface area contributed by atoms with Gasteiger partial charge in [0, 0.05) is 16.9 Å². The summed E-state index contributed by atoms with van der Waals surface area (Å²) in [7, 11) is 1.65. The molecule has 0 atom stereocenters. The van der Waals surface area contributed by atoms with Gasteiger partial charge in [0.05, 0.1) is 7.11 Å². The van der Waals surface area contributed by atoms with Gasteiger partial charge in [0.15, 0.2) is 0 Å². The predicted molar refractivity (Wildman–Crippen MR) is 118 cm³/mol. The molecule has 0 aliphatic carbocycles. The van der Waals surface area contributed by atoms with Crippen molar-refractivity contribution in [3.05, 3.63) is 115 Å². The fraction of sp³-hybridized carbons (Fsp3) is 0.0385. The lowest BCUT2D eigenvalue weighted by Gasteiger charge is -2.23.